The number of hydrogen-bond donors (Lipinski definition) is 2. The van der Waals surface area contributed by atoms with Gasteiger partial charge in [-0.25, -0.2) is 0 Å². The van der Waals surface area contributed by atoms with Gasteiger partial charge in [0.1, 0.15) is 14.5 Å². The topological polar surface area (TPSA) is 27.3 Å². The van der Waals surface area contributed by atoms with Crippen molar-refractivity contribution in [1.29, 1.82) is 0 Å². The van der Waals surface area contributed by atoms with E-state index in [1.165, 1.54) is 0 Å². The maximum absolute atomic E-state index is 3.62. The van der Waals surface area contributed by atoms with E-state index in [4.69, 9.17) is 0 Å². The highest BCUT2D eigenvalue weighted by molar-refractivity contribution is 6.73. The fourth-order valence-electron chi connectivity index (χ4n) is 1.23. The lowest BCUT2D eigenvalue weighted by Crippen LogP contribution is -2.56. The van der Waals surface area contributed by atoms with Crippen LogP contribution in [-0.4, -0.2) is 39.6 Å². The molecular formula is C7H19N3Si. The first-order chi connectivity index (χ1) is 4.99. The molecule has 1 saturated heterocycles. The van der Waals surface area contributed by atoms with E-state index in [9.17, 15) is 0 Å². The molecule has 1 rings (SSSR count). The molecule has 1 unspecified atom stereocenters. The molecule has 0 aromatic heterocycles. The van der Waals surface area contributed by atoms with Crippen LogP contribution >= 0.6 is 0 Å². The van der Waals surface area contributed by atoms with Gasteiger partial charge in [-0.1, -0.05) is 19.6 Å². The van der Waals surface area contributed by atoms with Crippen LogP contribution in [0.2, 0.25) is 19.6 Å². The summed E-state index contributed by atoms with van der Waals surface area (Å²) in [6, 6.07) is 0. The van der Waals surface area contributed by atoms with Gasteiger partial charge in [0.05, 0.1) is 0 Å². The van der Waals surface area contributed by atoms with Crippen molar-refractivity contribution < 1.29 is 0 Å². The summed E-state index contributed by atoms with van der Waals surface area (Å²) < 4.78 is 0. The Morgan fingerprint density at radius 2 is 2.09 bits per heavy atom. The van der Waals surface area contributed by atoms with Crippen LogP contribution in [-0.2, 0) is 0 Å². The smallest absolute Gasteiger partial charge is 0.119 e. The minimum atomic E-state index is -1.12. The largest absolute Gasteiger partial charge is 0.311 e. The van der Waals surface area contributed by atoms with Crippen molar-refractivity contribution in [3.8, 4) is 0 Å². The average molecular weight is 173 g/mol. The highest BCUT2D eigenvalue weighted by atomic mass is 28.3. The summed E-state index contributed by atoms with van der Waals surface area (Å²) in [4.78, 5) is 5.94. The van der Waals surface area contributed by atoms with Gasteiger partial charge in [0.25, 0.3) is 0 Å². The van der Waals surface area contributed by atoms with E-state index in [1.807, 2.05) is 0 Å². The Morgan fingerprint density at radius 3 is 2.45 bits per heavy atom. The number of nitrogens with one attached hydrogen (secondary N) is 2. The SMILES string of the molecule is CN1CCNC1N[Si](C)(C)C. The van der Waals surface area contributed by atoms with Crippen LogP contribution < -0.4 is 10.3 Å². The predicted molar refractivity (Wildman–Crippen MR) is 50.9 cm³/mol. The number of rotatable bonds is 2. The summed E-state index contributed by atoms with van der Waals surface area (Å²) in [6.45, 7) is 9.23. The predicted octanol–water partition coefficient (Wildman–Crippen LogP) is 0.229. The Morgan fingerprint density at radius 1 is 1.45 bits per heavy atom. The van der Waals surface area contributed by atoms with Gasteiger partial charge in [0.15, 0.2) is 0 Å². The van der Waals surface area contributed by atoms with Crippen LogP contribution in [0.4, 0.5) is 0 Å². The van der Waals surface area contributed by atoms with Crippen molar-refractivity contribution in [2.45, 2.75) is 25.9 Å². The molecule has 1 aliphatic heterocycles. The molecule has 11 heavy (non-hydrogen) atoms. The summed E-state index contributed by atoms with van der Waals surface area (Å²) in [5.41, 5.74) is 0. The monoisotopic (exact) mass is 173 g/mol. The van der Waals surface area contributed by atoms with E-state index in [1.54, 1.807) is 0 Å². The van der Waals surface area contributed by atoms with Crippen molar-refractivity contribution in [1.82, 2.24) is 15.2 Å². The minimum Gasteiger partial charge on any atom is -0.311 e. The molecule has 0 aromatic carbocycles. The van der Waals surface area contributed by atoms with Gasteiger partial charge in [-0.05, 0) is 7.05 Å². The summed E-state index contributed by atoms with van der Waals surface area (Å²) in [6.07, 6.45) is 0.418. The highest BCUT2D eigenvalue weighted by Crippen LogP contribution is 2.01. The molecule has 0 bridgehead atoms. The van der Waals surface area contributed by atoms with Crippen LogP contribution in [0.3, 0.4) is 0 Å². The molecule has 1 atom stereocenters. The van der Waals surface area contributed by atoms with Gasteiger partial charge < -0.3 is 4.98 Å². The van der Waals surface area contributed by atoms with Crippen LogP contribution in [0.5, 0.6) is 0 Å². The van der Waals surface area contributed by atoms with Crippen LogP contribution in [0.1, 0.15) is 0 Å². The first kappa shape index (κ1) is 9.19. The second kappa shape index (κ2) is 3.22. The normalized spacial score (nSPS) is 27.8. The maximum atomic E-state index is 3.62. The van der Waals surface area contributed by atoms with Gasteiger partial charge in [0, 0.05) is 13.1 Å². The Balaban J connectivity index is 2.37. The lowest BCUT2D eigenvalue weighted by Gasteiger charge is -2.28. The molecule has 3 nitrogen and oxygen atoms in total. The molecule has 66 valence electrons. The lowest BCUT2D eigenvalue weighted by atomic mass is 10.7. The second-order valence-corrected chi connectivity index (χ2v) is 9.02. The number of likely N-dealkylation sites (N-methyl/N-ethyl adjacent to an activating group) is 1. The summed E-state index contributed by atoms with van der Waals surface area (Å²) >= 11 is 0. The lowest BCUT2D eigenvalue weighted by molar-refractivity contribution is 0.278. The zero-order chi connectivity index (χ0) is 8.48. The number of nitrogens with zero attached hydrogens (tertiary/aromatic N) is 1. The summed E-state index contributed by atoms with van der Waals surface area (Å²) in [7, 11) is 1.03. The van der Waals surface area contributed by atoms with Crippen molar-refractivity contribution in [2.75, 3.05) is 20.1 Å². The van der Waals surface area contributed by atoms with E-state index >= 15 is 0 Å². The third-order valence-electron chi connectivity index (χ3n) is 1.81. The van der Waals surface area contributed by atoms with Crippen LogP contribution in [0.15, 0.2) is 0 Å². The molecule has 4 heteroatoms. The minimum absolute atomic E-state index is 0.418. The van der Waals surface area contributed by atoms with Crippen molar-refractivity contribution in [3.63, 3.8) is 0 Å². The van der Waals surface area contributed by atoms with E-state index < -0.39 is 8.24 Å². The molecular weight excluding hydrogens is 154 g/mol. The van der Waals surface area contributed by atoms with E-state index in [2.05, 4.69) is 41.9 Å². The van der Waals surface area contributed by atoms with Crippen LogP contribution in [0.25, 0.3) is 0 Å². The molecule has 0 amide bonds. The second-order valence-electron chi connectivity index (χ2n) is 4.23. The van der Waals surface area contributed by atoms with E-state index in [0.29, 0.717) is 6.29 Å². The van der Waals surface area contributed by atoms with Gasteiger partial charge in [0.2, 0.25) is 0 Å². The Labute approximate surface area is 70.2 Å². The zero-order valence-electron chi connectivity index (χ0n) is 7.94. The Hall–Kier alpha value is 0.0969. The fourth-order valence-corrected chi connectivity index (χ4v) is 2.38. The fraction of sp³-hybridized carbons (Fsp3) is 1.00. The van der Waals surface area contributed by atoms with Gasteiger partial charge in [-0.2, -0.15) is 0 Å². The molecule has 0 spiro atoms. The van der Waals surface area contributed by atoms with Gasteiger partial charge in [-0.15, -0.1) is 0 Å². The molecule has 0 aromatic rings. The molecule has 1 aliphatic rings. The first-order valence-corrected chi connectivity index (χ1v) is 7.70. The third-order valence-corrected chi connectivity index (χ3v) is 2.95. The van der Waals surface area contributed by atoms with Gasteiger partial charge >= 0.3 is 0 Å². The van der Waals surface area contributed by atoms with Crippen molar-refractivity contribution >= 4 is 8.24 Å². The maximum Gasteiger partial charge on any atom is 0.119 e. The van der Waals surface area contributed by atoms with E-state index in [-0.39, 0.29) is 0 Å². The quantitative estimate of drug-likeness (QED) is 0.585. The molecule has 2 N–H and O–H groups in total. The van der Waals surface area contributed by atoms with Crippen LogP contribution in [0, 0.1) is 0 Å². The van der Waals surface area contributed by atoms with Gasteiger partial charge in [-0.3, -0.25) is 10.2 Å². The van der Waals surface area contributed by atoms with E-state index in [0.717, 1.165) is 13.1 Å². The van der Waals surface area contributed by atoms with Crippen molar-refractivity contribution in [3.05, 3.63) is 0 Å². The zero-order valence-corrected chi connectivity index (χ0v) is 8.94. The molecule has 0 aliphatic carbocycles. The summed E-state index contributed by atoms with van der Waals surface area (Å²) in [5, 5.41) is 3.41. The first-order valence-electron chi connectivity index (χ1n) is 4.20. The number of hydrogen-bond acceptors (Lipinski definition) is 3. The average Bonchev–Trinajstić information content (AvgIpc) is 2.12. The molecule has 1 fully saturated rings. The molecule has 1 heterocycles. The summed E-state index contributed by atoms with van der Waals surface area (Å²) in [5.74, 6) is 0. The highest BCUT2D eigenvalue weighted by Gasteiger charge is 2.24. The Kier molecular flexibility index (Phi) is 2.69. The Bertz CT molecular complexity index is 132. The standard InChI is InChI=1S/C7H19N3Si/c1-10-6-5-8-7(10)9-11(2,3)4/h7-9H,5-6H2,1-4H3. The van der Waals surface area contributed by atoms with Crippen molar-refractivity contribution in [2.24, 2.45) is 0 Å². The molecule has 0 saturated carbocycles. The molecule has 0 radical (unpaired) electrons. The third kappa shape index (κ3) is 2.90.